The minimum Gasteiger partial charge on any atom is -0.207 e. The Morgan fingerprint density at radius 3 is 2.33 bits per heavy atom. The van der Waals surface area contributed by atoms with Gasteiger partial charge < -0.3 is 0 Å². The van der Waals surface area contributed by atoms with E-state index in [1.165, 1.54) is 16.4 Å². The van der Waals surface area contributed by atoms with Crippen LogP contribution in [0.4, 0.5) is 3.89 Å². The van der Waals surface area contributed by atoms with Crippen LogP contribution in [0.3, 0.4) is 0 Å². The molecule has 0 aromatic heterocycles. The first-order valence-corrected chi connectivity index (χ1v) is 9.51. The Balaban J connectivity index is 2.41. The second kappa shape index (κ2) is 5.66. The molecule has 0 spiro atoms. The largest absolute Gasteiger partial charge is 0.332 e. The van der Waals surface area contributed by atoms with Crippen molar-refractivity contribution < 1.29 is 20.7 Å². The molecule has 1 saturated heterocycles. The van der Waals surface area contributed by atoms with Crippen LogP contribution in [0.1, 0.15) is 26.7 Å². The summed E-state index contributed by atoms with van der Waals surface area (Å²) in [5.41, 5.74) is 0. The molecule has 5 nitrogen and oxygen atoms in total. The Hall–Kier alpha value is -0.990. The highest BCUT2D eigenvalue weighted by atomic mass is 32.3. The molecule has 1 aromatic carbocycles. The number of hydrogen-bond acceptors (Lipinski definition) is 4. The van der Waals surface area contributed by atoms with Crippen molar-refractivity contribution in [2.75, 3.05) is 6.54 Å². The Morgan fingerprint density at radius 2 is 1.76 bits per heavy atom. The van der Waals surface area contributed by atoms with E-state index in [9.17, 15) is 20.7 Å². The smallest absolute Gasteiger partial charge is 0.207 e. The fraction of sp³-hybridized carbons (Fsp3) is 0.538. The van der Waals surface area contributed by atoms with Crippen molar-refractivity contribution in [3.05, 3.63) is 24.3 Å². The molecule has 1 heterocycles. The second-order valence-electron chi connectivity index (χ2n) is 5.51. The average molecular weight is 335 g/mol. The average Bonchev–Trinajstić information content (AvgIpc) is 2.37. The van der Waals surface area contributed by atoms with Crippen LogP contribution in [0.25, 0.3) is 0 Å². The lowest BCUT2D eigenvalue weighted by atomic mass is 9.95. The van der Waals surface area contributed by atoms with Crippen molar-refractivity contribution in [2.45, 2.75) is 42.5 Å². The number of sulfonamides is 1. The molecule has 1 fully saturated rings. The van der Waals surface area contributed by atoms with Crippen LogP contribution in [0, 0.1) is 5.92 Å². The van der Waals surface area contributed by atoms with Gasteiger partial charge in [0.25, 0.3) is 0 Å². The van der Waals surface area contributed by atoms with Gasteiger partial charge in [-0.05, 0) is 43.9 Å². The van der Waals surface area contributed by atoms with Crippen molar-refractivity contribution >= 4 is 20.2 Å². The standard InChI is InChI=1S/C13H18FNO4S2/c1-10-6-7-15(11(2)8-10)21(18,19)13-5-3-4-12(9-13)20(14,16)17/h3-5,9-11H,6-8H2,1-2H3. The van der Waals surface area contributed by atoms with E-state index in [1.54, 1.807) is 0 Å². The van der Waals surface area contributed by atoms with Crippen LogP contribution in [-0.2, 0) is 20.2 Å². The summed E-state index contributed by atoms with van der Waals surface area (Å²) in [7, 11) is -8.74. The molecule has 0 saturated carbocycles. The molecule has 0 N–H and O–H groups in total. The molecule has 1 aromatic rings. The first-order chi connectivity index (χ1) is 9.62. The van der Waals surface area contributed by atoms with E-state index >= 15 is 0 Å². The predicted molar refractivity (Wildman–Crippen MR) is 76.5 cm³/mol. The van der Waals surface area contributed by atoms with Gasteiger partial charge in [-0.2, -0.15) is 12.7 Å². The molecule has 2 atom stereocenters. The maximum absolute atomic E-state index is 13.0. The Morgan fingerprint density at radius 1 is 1.14 bits per heavy atom. The summed E-state index contributed by atoms with van der Waals surface area (Å²) in [6, 6.07) is 4.26. The third kappa shape index (κ3) is 3.44. The zero-order valence-corrected chi connectivity index (χ0v) is 13.5. The maximum Gasteiger partial charge on any atom is 0.332 e. The van der Waals surface area contributed by atoms with Crippen molar-refractivity contribution in [1.29, 1.82) is 0 Å². The van der Waals surface area contributed by atoms with E-state index in [0.29, 0.717) is 12.5 Å². The van der Waals surface area contributed by atoms with Crippen molar-refractivity contribution in [2.24, 2.45) is 5.92 Å². The number of benzene rings is 1. The van der Waals surface area contributed by atoms with Gasteiger partial charge in [0.2, 0.25) is 10.0 Å². The molecule has 1 aliphatic rings. The third-order valence-electron chi connectivity index (χ3n) is 3.77. The molecular formula is C13H18FNO4S2. The van der Waals surface area contributed by atoms with Crippen LogP contribution in [0.5, 0.6) is 0 Å². The Kier molecular flexibility index (Phi) is 4.41. The van der Waals surface area contributed by atoms with Crippen molar-refractivity contribution in [1.82, 2.24) is 4.31 Å². The summed E-state index contributed by atoms with van der Waals surface area (Å²) < 4.78 is 61.4. The minimum absolute atomic E-state index is 0.163. The zero-order chi connectivity index (χ0) is 15.8. The number of nitrogens with zero attached hydrogens (tertiary/aromatic N) is 1. The molecule has 0 amide bonds. The number of hydrogen-bond donors (Lipinski definition) is 0. The highest BCUT2D eigenvalue weighted by molar-refractivity contribution is 7.89. The Labute approximate surface area is 125 Å². The molecule has 2 unspecified atom stereocenters. The lowest BCUT2D eigenvalue weighted by Gasteiger charge is -2.35. The third-order valence-corrected chi connectivity index (χ3v) is 6.60. The Bertz CT molecular complexity index is 730. The molecule has 21 heavy (non-hydrogen) atoms. The molecule has 2 rings (SSSR count). The molecule has 8 heteroatoms. The molecule has 0 radical (unpaired) electrons. The molecule has 0 bridgehead atoms. The van der Waals surface area contributed by atoms with Gasteiger partial charge in [-0.1, -0.05) is 13.0 Å². The summed E-state index contributed by atoms with van der Waals surface area (Å²) in [5.74, 6) is 0.448. The number of piperidine rings is 1. The molecule has 118 valence electrons. The van der Waals surface area contributed by atoms with Gasteiger partial charge in [-0.25, -0.2) is 8.42 Å². The zero-order valence-electron chi connectivity index (χ0n) is 11.9. The quantitative estimate of drug-likeness (QED) is 0.794. The number of rotatable bonds is 3. The van der Waals surface area contributed by atoms with E-state index in [4.69, 9.17) is 0 Å². The van der Waals surface area contributed by atoms with Gasteiger partial charge in [0.15, 0.2) is 0 Å². The molecule has 1 aliphatic heterocycles. The van der Waals surface area contributed by atoms with Gasteiger partial charge in [0.05, 0.1) is 9.79 Å². The summed E-state index contributed by atoms with van der Waals surface area (Å²) in [6.07, 6.45) is 1.50. The minimum atomic E-state index is -4.92. The van der Waals surface area contributed by atoms with Crippen LogP contribution in [0.15, 0.2) is 34.1 Å². The van der Waals surface area contributed by atoms with Crippen LogP contribution < -0.4 is 0 Å². The second-order valence-corrected chi connectivity index (χ2v) is 8.74. The summed E-state index contributed by atoms with van der Waals surface area (Å²) in [6.45, 7) is 4.27. The highest BCUT2D eigenvalue weighted by Crippen LogP contribution is 2.29. The maximum atomic E-state index is 13.0. The van der Waals surface area contributed by atoms with Gasteiger partial charge in [0.1, 0.15) is 0 Å². The summed E-state index contributed by atoms with van der Waals surface area (Å²) >= 11 is 0. The topological polar surface area (TPSA) is 71.5 Å². The van der Waals surface area contributed by atoms with Gasteiger partial charge >= 0.3 is 10.2 Å². The highest BCUT2D eigenvalue weighted by Gasteiger charge is 2.33. The summed E-state index contributed by atoms with van der Waals surface area (Å²) in [4.78, 5) is -0.829. The van der Waals surface area contributed by atoms with Crippen LogP contribution >= 0.6 is 0 Å². The monoisotopic (exact) mass is 335 g/mol. The predicted octanol–water partition coefficient (Wildman–Crippen LogP) is 2.15. The first kappa shape index (κ1) is 16.4. The van der Waals surface area contributed by atoms with E-state index in [2.05, 4.69) is 6.92 Å². The lowest BCUT2D eigenvalue weighted by molar-refractivity contribution is 0.220. The van der Waals surface area contributed by atoms with E-state index < -0.39 is 25.1 Å². The first-order valence-electron chi connectivity index (χ1n) is 6.69. The van der Waals surface area contributed by atoms with Gasteiger partial charge in [-0.3, -0.25) is 0 Å². The van der Waals surface area contributed by atoms with Crippen molar-refractivity contribution in [3.8, 4) is 0 Å². The SMILES string of the molecule is CC1CCN(S(=O)(=O)c2cccc(S(=O)(=O)F)c2)C(C)C1. The lowest BCUT2D eigenvalue weighted by Crippen LogP contribution is -2.44. The van der Waals surface area contributed by atoms with E-state index in [-0.39, 0.29) is 10.9 Å². The van der Waals surface area contributed by atoms with Crippen LogP contribution in [0.2, 0.25) is 0 Å². The number of halogens is 1. The molecule has 0 aliphatic carbocycles. The summed E-state index contributed by atoms with van der Waals surface area (Å²) in [5, 5.41) is 0. The van der Waals surface area contributed by atoms with E-state index in [1.807, 2.05) is 6.92 Å². The van der Waals surface area contributed by atoms with Crippen LogP contribution in [-0.4, -0.2) is 33.7 Å². The fourth-order valence-corrected chi connectivity index (χ4v) is 4.95. The van der Waals surface area contributed by atoms with Crippen molar-refractivity contribution in [3.63, 3.8) is 0 Å². The van der Waals surface area contributed by atoms with E-state index in [0.717, 1.165) is 25.0 Å². The van der Waals surface area contributed by atoms with Gasteiger partial charge in [0, 0.05) is 12.6 Å². The fourth-order valence-electron chi connectivity index (χ4n) is 2.66. The van der Waals surface area contributed by atoms with Gasteiger partial charge in [-0.15, -0.1) is 3.89 Å². The normalized spacial score (nSPS) is 24.9. The molecular weight excluding hydrogens is 317 g/mol.